The fraction of sp³-hybridized carbons (Fsp3) is 0.500. The van der Waals surface area contributed by atoms with E-state index in [2.05, 4.69) is 0 Å². The molecule has 3 rings (SSSR count). The lowest BCUT2D eigenvalue weighted by atomic mass is 10.0. The summed E-state index contributed by atoms with van der Waals surface area (Å²) in [7, 11) is 0. The lowest BCUT2D eigenvalue weighted by Gasteiger charge is -2.28. The summed E-state index contributed by atoms with van der Waals surface area (Å²) >= 11 is 0. The van der Waals surface area contributed by atoms with Crippen molar-refractivity contribution < 1.29 is 14.6 Å². The van der Waals surface area contributed by atoms with Crippen LogP contribution in [0.3, 0.4) is 0 Å². The van der Waals surface area contributed by atoms with Gasteiger partial charge in [0, 0.05) is 12.8 Å². The summed E-state index contributed by atoms with van der Waals surface area (Å²) in [5.74, 6) is 0.0787. The van der Waals surface area contributed by atoms with Crippen LogP contribution in [-0.2, 0) is 9.53 Å². The Morgan fingerprint density at radius 3 is 2.83 bits per heavy atom. The van der Waals surface area contributed by atoms with Crippen molar-refractivity contribution in [2.24, 2.45) is 0 Å². The third kappa shape index (κ3) is 1.56. The molecule has 0 bridgehead atoms. The Bertz CT molecular complexity index is 461. The van der Waals surface area contributed by atoms with Crippen molar-refractivity contribution >= 4 is 5.91 Å². The van der Waals surface area contributed by atoms with E-state index >= 15 is 0 Å². The average Bonchev–Trinajstić information content (AvgIpc) is 2.85. The largest absolute Gasteiger partial charge is 0.394 e. The van der Waals surface area contributed by atoms with E-state index in [9.17, 15) is 9.90 Å². The zero-order chi connectivity index (χ0) is 12.8. The Labute approximate surface area is 106 Å². The van der Waals surface area contributed by atoms with E-state index in [1.165, 1.54) is 0 Å². The summed E-state index contributed by atoms with van der Waals surface area (Å²) in [6.45, 7) is 1.87. The number of ether oxygens (including phenoxy) is 1. The molecule has 1 N–H and O–H groups in total. The number of benzene rings is 1. The Kier molecular flexibility index (Phi) is 2.64. The minimum Gasteiger partial charge on any atom is -0.394 e. The number of carbonyl (C=O) groups excluding carboxylic acids is 1. The zero-order valence-electron chi connectivity index (χ0n) is 10.4. The number of carbonyl (C=O) groups is 1. The van der Waals surface area contributed by atoms with Gasteiger partial charge in [0.15, 0.2) is 0 Å². The van der Waals surface area contributed by atoms with Crippen molar-refractivity contribution in [1.29, 1.82) is 0 Å². The summed E-state index contributed by atoms with van der Waals surface area (Å²) in [6.07, 6.45) is 0.977. The van der Waals surface area contributed by atoms with E-state index in [1.807, 2.05) is 37.3 Å². The van der Waals surface area contributed by atoms with E-state index in [0.29, 0.717) is 12.8 Å². The van der Waals surface area contributed by atoms with Crippen LogP contribution in [0.15, 0.2) is 30.3 Å². The highest BCUT2D eigenvalue weighted by Crippen LogP contribution is 2.46. The van der Waals surface area contributed by atoms with Gasteiger partial charge < -0.3 is 14.7 Å². The molecule has 3 unspecified atom stereocenters. The number of fused-ring (bicyclic) bond motifs is 1. The van der Waals surface area contributed by atoms with Crippen molar-refractivity contribution in [3.8, 4) is 0 Å². The Morgan fingerprint density at radius 2 is 2.17 bits per heavy atom. The second kappa shape index (κ2) is 4.07. The molecule has 2 saturated heterocycles. The molecule has 2 fully saturated rings. The smallest absolute Gasteiger partial charge is 0.225 e. The zero-order valence-corrected chi connectivity index (χ0v) is 10.4. The predicted octanol–water partition coefficient (Wildman–Crippen LogP) is 1.46. The van der Waals surface area contributed by atoms with Gasteiger partial charge in [0.2, 0.25) is 5.91 Å². The van der Waals surface area contributed by atoms with E-state index in [4.69, 9.17) is 4.74 Å². The second-order valence-corrected chi connectivity index (χ2v) is 5.14. The van der Waals surface area contributed by atoms with Gasteiger partial charge in [0.25, 0.3) is 0 Å². The Balaban J connectivity index is 1.97. The normalized spacial score (nSPS) is 35.0. The van der Waals surface area contributed by atoms with Gasteiger partial charge in [-0.05, 0) is 12.5 Å². The molecule has 0 aliphatic carbocycles. The van der Waals surface area contributed by atoms with E-state index in [-0.39, 0.29) is 24.7 Å². The molecule has 1 aromatic carbocycles. The maximum Gasteiger partial charge on any atom is 0.225 e. The standard InChI is InChI=1S/C14H17NO3/c1-14-8-7-12(17)15(14)11(9-16)13(18-14)10-5-3-2-4-6-10/h2-6,11,13,16H,7-9H2,1H3. The third-order valence-corrected chi connectivity index (χ3v) is 3.96. The maximum atomic E-state index is 11.9. The first-order valence-corrected chi connectivity index (χ1v) is 6.31. The second-order valence-electron chi connectivity index (χ2n) is 5.14. The van der Waals surface area contributed by atoms with Crippen LogP contribution in [0.5, 0.6) is 0 Å². The molecule has 0 aromatic heterocycles. The van der Waals surface area contributed by atoms with Crippen LogP contribution in [0.1, 0.15) is 31.4 Å². The van der Waals surface area contributed by atoms with Gasteiger partial charge in [0.05, 0.1) is 12.6 Å². The summed E-state index contributed by atoms with van der Waals surface area (Å²) < 4.78 is 6.08. The van der Waals surface area contributed by atoms with Crippen LogP contribution in [-0.4, -0.2) is 34.3 Å². The molecule has 0 saturated carbocycles. The molecule has 4 heteroatoms. The highest BCUT2D eigenvalue weighted by atomic mass is 16.5. The Morgan fingerprint density at radius 1 is 1.44 bits per heavy atom. The SMILES string of the molecule is CC12CCC(=O)N1C(CO)C(c1ccccc1)O2. The van der Waals surface area contributed by atoms with Crippen LogP contribution >= 0.6 is 0 Å². The minimum absolute atomic E-state index is 0.0686. The molecular weight excluding hydrogens is 230 g/mol. The fourth-order valence-electron chi connectivity index (χ4n) is 3.09. The summed E-state index contributed by atoms with van der Waals surface area (Å²) in [6, 6.07) is 9.52. The molecular formula is C14H17NO3. The summed E-state index contributed by atoms with van der Waals surface area (Å²) in [5.41, 5.74) is 0.463. The van der Waals surface area contributed by atoms with Crippen LogP contribution < -0.4 is 0 Å². The molecule has 2 aliphatic rings. The number of aliphatic hydroxyl groups is 1. The number of hydrogen-bond donors (Lipinski definition) is 1. The monoisotopic (exact) mass is 247 g/mol. The molecule has 96 valence electrons. The van der Waals surface area contributed by atoms with Gasteiger partial charge in [-0.3, -0.25) is 4.79 Å². The number of hydrogen-bond acceptors (Lipinski definition) is 3. The number of rotatable bonds is 2. The third-order valence-electron chi connectivity index (χ3n) is 3.96. The first kappa shape index (κ1) is 11.7. The average molecular weight is 247 g/mol. The lowest BCUT2D eigenvalue weighted by molar-refractivity contribution is -0.138. The van der Waals surface area contributed by atoms with E-state index in [1.54, 1.807) is 4.90 Å². The number of nitrogens with zero attached hydrogens (tertiary/aromatic N) is 1. The fourth-order valence-corrected chi connectivity index (χ4v) is 3.09. The van der Waals surface area contributed by atoms with Gasteiger partial charge in [-0.1, -0.05) is 30.3 Å². The molecule has 3 atom stereocenters. The maximum absolute atomic E-state index is 11.9. The number of aliphatic hydroxyl groups excluding tert-OH is 1. The Hall–Kier alpha value is -1.39. The van der Waals surface area contributed by atoms with Crippen LogP contribution in [0.4, 0.5) is 0 Å². The van der Waals surface area contributed by atoms with Gasteiger partial charge in [-0.25, -0.2) is 0 Å². The topological polar surface area (TPSA) is 49.8 Å². The summed E-state index contributed by atoms with van der Waals surface area (Å²) in [5, 5.41) is 9.60. The molecule has 1 amide bonds. The van der Waals surface area contributed by atoms with Crippen molar-refractivity contribution in [2.75, 3.05) is 6.61 Å². The van der Waals surface area contributed by atoms with Gasteiger partial charge in [-0.15, -0.1) is 0 Å². The van der Waals surface area contributed by atoms with E-state index < -0.39 is 5.72 Å². The number of amides is 1. The van der Waals surface area contributed by atoms with E-state index in [0.717, 1.165) is 5.56 Å². The van der Waals surface area contributed by atoms with Crippen molar-refractivity contribution in [3.63, 3.8) is 0 Å². The highest BCUT2D eigenvalue weighted by molar-refractivity contribution is 5.80. The van der Waals surface area contributed by atoms with Gasteiger partial charge in [-0.2, -0.15) is 0 Å². The minimum atomic E-state index is -0.551. The highest BCUT2D eigenvalue weighted by Gasteiger charge is 2.55. The van der Waals surface area contributed by atoms with Crippen molar-refractivity contribution in [1.82, 2.24) is 4.90 Å². The van der Waals surface area contributed by atoms with Crippen LogP contribution in [0.25, 0.3) is 0 Å². The molecule has 0 spiro atoms. The van der Waals surface area contributed by atoms with Crippen LogP contribution in [0, 0.1) is 0 Å². The molecule has 2 heterocycles. The first-order chi connectivity index (χ1) is 8.65. The van der Waals surface area contributed by atoms with Crippen molar-refractivity contribution in [3.05, 3.63) is 35.9 Å². The summed E-state index contributed by atoms with van der Waals surface area (Å²) in [4.78, 5) is 13.7. The molecule has 2 aliphatic heterocycles. The van der Waals surface area contributed by atoms with Gasteiger partial charge in [0.1, 0.15) is 11.8 Å². The molecule has 4 nitrogen and oxygen atoms in total. The van der Waals surface area contributed by atoms with Crippen molar-refractivity contribution in [2.45, 2.75) is 37.6 Å². The molecule has 1 aromatic rings. The first-order valence-electron chi connectivity index (χ1n) is 6.31. The molecule has 0 radical (unpaired) electrons. The molecule has 18 heavy (non-hydrogen) atoms. The van der Waals surface area contributed by atoms with Gasteiger partial charge >= 0.3 is 0 Å². The quantitative estimate of drug-likeness (QED) is 0.860. The predicted molar refractivity (Wildman–Crippen MR) is 65.6 cm³/mol. The lowest BCUT2D eigenvalue weighted by Crippen LogP contribution is -2.44. The van der Waals surface area contributed by atoms with Crippen LogP contribution in [0.2, 0.25) is 0 Å².